The average Bonchev–Trinajstić information content (AvgIpc) is 2.76. The Labute approximate surface area is 109 Å². The number of hydrogen-bond donors (Lipinski definition) is 1. The van der Waals surface area contributed by atoms with Gasteiger partial charge in [0.25, 0.3) is 0 Å². The SMILES string of the molecule is CCCNCC1CCCN(Cc2nonc2C)C1. The zero-order valence-electron chi connectivity index (χ0n) is 11.5. The summed E-state index contributed by atoms with van der Waals surface area (Å²) in [4.78, 5) is 2.47. The minimum Gasteiger partial charge on any atom is -0.316 e. The number of likely N-dealkylation sites (tertiary alicyclic amines) is 1. The minimum absolute atomic E-state index is 0.769. The van der Waals surface area contributed by atoms with Gasteiger partial charge in [-0.05, 0) is 51.7 Å². The average molecular weight is 252 g/mol. The van der Waals surface area contributed by atoms with E-state index < -0.39 is 0 Å². The Balaban J connectivity index is 1.78. The largest absolute Gasteiger partial charge is 0.316 e. The van der Waals surface area contributed by atoms with Gasteiger partial charge in [0.2, 0.25) is 0 Å². The Bertz CT molecular complexity index is 353. The van der Waals surface area contributed by atoms with E-state index in [1.54, 1.807) is 0 Å². The highest BCUT2D eigenvalue weighted by atomic mass is 16.6. The van der Waals surface area contributed by atoms with Gasteiger partial charge in [-0.15, -0.1) is 0 Å². The van der Waals surface area contributed by atoms with Crippen LogP contribution in [0.25, 0.3) is 0 Å². The van der Waals surface area contributed by atoms with Gasteiger partial charge in [-0.3, -0.25) is 4.90 Å². The molecule has 0 amide bonds. The highest BCUT2D eigenvalue weighted by Gasteiger charge is 2.21. The molecular weight excluding hydrogens is 228 g/mol. The van der Waals surface area contributed by atoms with Gasteiger partial charge in [-0.2, -0.15) is 0 Å². The molecule has 1 aromatic heterocycles. The lowest BCUT2D eigenvalue weighted by Gasteiger charge is -2.32. The number of piperidine rings is 1. The van der Waals surface area contributed by atoms with Gasteiger partial charge in [0.15, 0.2) is 0 Å². The standard InChI is InChI=1S/C13H24N4O/c1-3-6-14-8-12-5-4-7-17(9-12)10-13-11(2)15-18-16-13/h12,14H,3-10H2,1-2H3. The van der Waals surface area contributed by atoms with Crippen molar-refractivity contribution in [3.05, 3.63) is 11.4 Å². The molecule has 5 nitrogen and oxygen atoms in total. The maximum absolute atomic E-state index is 4.75. The van der Waals surface area contributed by atoms with Crippen molar-refractivity contribution in [1.82, 2.24) is 20.5 Å². The van der Waals surface area contributed by atoms with Gasteiger partial charge in [0, 0.05) is 13.1 Å². The second-order valence-electron chi connectivity index (χ2n) is 5.24. The maximum Gasteiger partial charge on any atom is 0.122 e. The van der Waals surface area contributed by atoms with Crippen LogP contribution in [0.4, 0.5) is 0 Å². The van der Waals surface area contributed by atoms with E-state index in [0.29, 0.717) is 0 Å². The third-order valence-corrected chi connectivity index (χ3v) is 3.58. The van der Waals surface area contributed by atoms with E-state index in [1.165, 1.54) is 19.3 Å². The Morgan fingerprint density at radius 2 is 2.33 bits per heavy atom. The van der Waals surface area contributed by atoms with Gasteiger partial charge < -0.3 is 5.32 Å². The summed E-state index contributed by atoms with van der Waals surface area (Å²) >= 11 is 0. The molecule has 18 heavy (non-hydrogen) atoms. The van der Waals surface area contributed by atoms with Crippen LogP contribution in [0.3, 0.4) is 0 Å². The van der Waals surface area contributed by atoms with Crippen LogP contribution in [0.5, 0.6) is 0 Å². The second kappa shape index (κ2) is 6.85. The van der Waals surface area contributed by atoms with Gasteiger partial charge >= 0.3 is 0 Å². The molecule has 0 bridgehead atoms. The Kier molecular flexibility index (Phi) is 5.13. The van der Waals surface area contributed by atoms with E-state index in [1.807, 2.05) is 6.92 Å². The summed E-state index contributed by atoms with van der Waals surface area (Å²) in [7, 11) is 0. The van der Waals surface area contributed by atoms with E-state index in [4.69, 9.17) is 4.63 Å². The lowest BCUT2D eigenvalue weighted by molar-refractivity contribution is 0.161. The Hall–Kier alpha value is -0.940. The summed E-state index contributed by atoms with van der Waals surface area (Å²) in [5, 5.41) is 11.3. The van der Waals surface area contributed by atoms with Gasteiger partial charge in [-0.1, -0.05) is 17.2 Å². The lowest BCUT2D eigenvalue weighted by atomic mass is 9.98. The predicted molar refractivity (Wildman–Crippen MR) is 70.2 cm³/mol. The van der Waals surface area contributed by atoms with Gasteiger partial charge in [0.05, 0.1) is 0 Å². The molecule has 0 saturated carbocycles. The first-order valence-corrected chi connectivity index (χ1v) is 7.00. The van der Waals surface area contributed by atoms with Crippen LogP contribution < -0.4 is 5.32 Å². The fourth-order valence-corrected chi connectivity index (χ4v) is 2.55. The van der Waals surface area contributed by atoms with Gasteiger partial charge in [-0.25, -0.2) is 4.63 Å². The van der Waals surface area contributed by atoms with Crippen molar-refractivity contribution in [3.63, 3.8) is 0 Å². The first kappa shape index (κ1) is 13.5. The predicted octanol–water partition coefficient (Wildman–Crippen LogP) is 1.59. The van der Waals surface area contributed by atoms with Crippen molar-refractivity contribution in [1.29, 1.82) is 0 Å². The summed E-state index contributed by atoms with van der Waals surface area (Å²) in [5.41, 5.74) is 1.90. The molecule has 1 unspecified atom stereocenters. The van der Waals surface area contributed by atoms with Crippen LogP contribution in [-0.4, -0.2) is 41.4 Å². The summed E-state index contributed by atoms with van der Waals surface area (Å²) in [6.07, 6.45) is 3.83. The number of hydrogen-bond acceptors (Lipinski definition) is 5. The number of aromatic nitrogens is 2. The monoisotopic (exact) mass is 252 g/mol. The second-order valence-corrected chi connectivity index (χ2v) is 5.24. The van der Waals surface area contributed by atoms with Crippen molar-refractivity contribution in [3.8, 4) is 0 Å². The van der Waals surface area contributed by atoms with E-state index in [0.717, 1.165) is 50.0 Å². The molecule has 0 radical (unpaired) electrons. The van der Waals surface area contributed by atoms with E-state index >= 15 is 0 Å². The number of rotatable bonds is 6. The Morgan fingerprint density at radius 3 is 3.06 bits per heavy atom. The summed E-state index contributed by atoms with van der Waals surface area (Å²) in [5.74, 6) is 0.769. The molecule has 0 spiro atoms. The smallest absolute Gasteiger partial charge is 0.122 e. The van der Waals surface area contributed by atoms with E-state index in [9.17, 15) is 0 Å². The zero-order chi connectivity index (χ0) is 12.8. The van der Waals surface area contributed by atoms with Crippen LogP contribution >= 0.6 is 0 Å². The summed E-state index contributed by atoms with van der Waals surface area (Å²) < 4.78 is 4.75. The summed E-state index contributed by atoms with van der Waals surface area (Å²) in [6.45, 7) is 9.62. The molecule has 0 aliphatic carbocycles. The van der Waals surface area contributed by atoms with Crippen LogP contribution in [-0.2, 0) is 6.54 Å². The van der Waals surface area contributed by atoms with Crippen molar-refractivity contribution in [2.24, 2.45) is 5.92 Å². The highest BCUT2D eigenvalue weighted by Crippen LogP contribution is 2.18. The fourth-order valence-electron chi connectivity index (χ4n) is 2.55. The molecule has 2 heterocycles. The molecule has 2 rings (SSSR count). The molecule has 1 atom stereocenters. The van der Waals surface area contributed by atoms with Crippen molar-refractivity contribution in [2.45, 2.75) is 39.7 Å². The lowest BCUT2D eigenvalue weighted by Crippen LogP contribution is -2.39. The molecule has 1 aliphatic rings. The first-order chi connectivity index (χ1) is 8.79. The molecule has 0 aromatic carbocycles. The van der Waals surface area contributed by atoms with Crippen molar-refractivity contribution in [2.75, 3.05) is 26.2 Å². The van der Waals surface area contributed by atoms with Crippen LogP contribution in [0.15, 0.2) is 4.63 Å². The third-order valence-electron chi connectivity index (χ3n) is 3.58. The van der Waals surface area contributed by atoms with E-state index in [2.05, 4.69) is 27.5 Å². The quantitative estimate of drug-likeness (QED) is 0.779. The molecule has 1 aromatic rings. The van der Waals surface area contributed by atoms with Crippen LogP contribution in [0, 0.1) is 12.8 Å². The molecule has 1 N–H and O–H groups in total. The zero-order valence-corrected chi connectivity index (χ0v) is 11.5. The van der Waals surface area contributed by atoms with Crippen molar-refractivity contribution < 1.29 is 4.63 Å². The minimum atomic E-state index is 0.769. The molecular formula is C13H24N4O. The topological polar surface area (TPSA) is 54.2 Å². The van der Waals surface area contributed by atoms with Crippen molar-refractivity contribution >= 4 is 0 Å². The number of aryl methyl sites for hydroxylation is 1. The Morgan fingerprint density at radius 1 is 1.44 bits per heavy atom. The number of nitrogens with zero attached hydrogens (tertiary/aromatic N) is 3. The third kappa shape index (κ3) is 3.78. The molecule has 1 aliphatic heterocycles. The van der Waals surface area contributed by atoms with Gasteiger partial charge in [0.1, 0.15) is 11.4 Å². The molecule has 1 saturated heterocycles. The fraction of sp³-hybridized carbons (Fsp3) is 0.846. The molecule has 102 valence electrons. The van der Waals surface area contributed by atoms with Crippen LogP contribution in [0.1, 0.15) is 37.6 Å². The summed E-state index contributed by atoms with van der Waals surface area (Å²) in [6, 6.07) is 0. The highest BCUT2D eigenvalue weighted by molar-refractivity contribution is 5.04. The first-order valence-electron chi connectivity index (χ1n) is 7.00. The molecule has 1 fully saturated rings. The van der Waals surface area contributed by atoms with Crippen LogP contribution in [0.2, 0.25) is 0 Å². The molecule has 5 heteroatoms. The maximum atomic E-state index is 4.75. The normalized spacial score (nSPS) is 21.3. The number of nitrogens with one attached hydrogen (secondary N) is 1. The van der Waals surface area contributed by atoms with E-state index in [-0.39, 0.29) is 0 Å².